The van der Waals surface area contributed by atoms with E-state index in [2.05, 4.69) is 22.4 Å². The van der Waals surface area contributed by atoms with E-state index in [4.69, 9.17) is 13.8 Å². The van der Waals surface area contributed by atoms with Gasteiger partial charge in [0, 0.05) is 0 Å². The van der Waals surface area contributed by atoms with E-state index in [1.54, 1.807) is 32.0 Å². The van der Waals surface area contributed by atoms with Crippen LogP contribution >= 0.6 is 19.8 Å². The molecule has 5 nitrogen and oxygen atoms in total. The summed E-state index contributed by atoms with van der Waals surface area (Å²) in [5.74, 6) is 0.514. The lowest BCUT2D eigenvalue weighted by atomic mass is 10.3. The van der Waals surface area contributed by atoms with E-state index in [0.29, 0.717) is 16.7 Å². The van der Waals surface area contributed by atoms with Gasteiger partial charge in [-0.15, -0.1) is 0 Å². The Kier molecular flexibility index (Phi) is 6.35. The molecule has 0 atom stereocenters. The molecule has 0 aliphatic carbocycles. The van der Waals surface area contributed by atoms with Gasteiger partial charge in [-0.05, 0) is 44.3 Å². The first-order chi connectivity index (χ1) is 9.11. The zero-order valence-corrected chi connectivity index (χ0v) is 12.8. The molecule has 19 heavy (non-hydrogen) atoms. The van der Waals surface area contributed by atoms with Gasteiger partial charge in [-0.25, -0.2) is 0 Å². The number of methoxy groups -OCH3 is 1. The maximum atomic E-state index is 12.6. The number of hydrogen-bond donors (Lipinski definition) is 0. The predicted molar refractivity (Wildman–Crippen MR) is 78.2 cm³/mol. The molecule has 0 radical (unpaired) electrons. The van der Waals surface area contributed by atoms with Crippen molar-refractivity contribution in [1.29, 1.82) is 0 Å². The topological polar surface area (TPSA) is 57.1 Å². The van der Waals surface area contributed by atoms with Crippen LogP contribution < -0.4 is 10.0 Å². The molecule has 0 N–H and O–H groups in total. The van der Waals surface area contributed by atoms with E-state index in [9.17, 15) is 4.57 Å². The highest BCUT2D eigenvalue weighted by Gasteiger charge is 2.27. The molecular formula is C12H16NO4PS. The zero-order valence-electron chi connectivity index (χ0n) is 11.1. The van der Waals surface area contributed by atoms with Gasteiger partial charge in [0.05, 0.1) is 30.8 Å². The smallest absolute Gasteiger partial charge is 0.361 e. The third-order valence-corrected chi connectivity index (χ3v) is 4.44. The Morgan fingerprint density at radius 2 is 1.95 bits per heavy atom. The average molecular weight is 301 g/mol. The van der Waals surface area contributed by atoms with Crippen LogP contribution in [0.15, 0.2) is 23.2 Å². The molecule has 0 aliphatic heterocycles. The first kappa shape index (κ1) is 16.0. The van der Waals surface area contributed by atoms with Crippen LogP contribution in [-0.2, 0) is 13.6 Å². The molecule has 0 saturated carbocycles. The molecule has 0 aromatic heterocycles. The van der Waals surface area contributed by atoms with Crippen LogP contribution in [0.2, 0.25) is 0 Å². The lowest BCUT2D eigenvalue weighted by molar-refractivity contribution is 0.230. The van der Waals surface area contributed by atoms with E-state index >= 15 is 0 Å². The molecule has 0 bridgehead atoms. The Balaban J connectivity index is 3.28. The monoisotopic (exact) mass is 301 g/mol. The van der Waals surface area contributed by atoms with Crippen molar-refractivity contribution in [2.45, 2.75) is 13.8 Å². The zero-order chi connectivity index (χ0) is 14.3. The molecule has 104 valence electrons. The highest BCUT2D eigenvalue weighted by molar-refractivity contribution is 7.78. The minimum absolute atomic E-state index is 0.287. The lowest BCUT2D eigenvalue weighted by Gasteiger charge is -2.17. The Hall–Kier alpha value is -1.03. The van der Waals surface area contributed by atoms with Crippen LogP contribution in [0.1, 0.15) is 13.8 Å². The highest BCUT2D eigenvalue weighted by atomic mass is 32.1. The van der Waals surface area contributed by atoms with Gasteiger partial charge in [0.2, 0.25) is 0 Å². The molecular weight excluding hydrogens is 285 g/mol. The van der Waals surface area contributed by atoms with Gasteiger partial charge in [-0.3, -0.25) is 4.57 Å². The van der Waals surface area contributed by atoms with Gasteiger partial charge in [0.15, 0.2) is 0 Å². The predicted octanol–water partition coefficient (Wildman–Crippen LogP) is 3.32. The van der Waals surface area contributed by atoms with Crippen LogP contribution in [0.3, 0.4) is 0 Å². The van der Waals surface area contributed by atoms with Crippen LogP contribution in [-0.4, -0.2) is 25.5 Å². The SMILES string of the molecule is CCOP(=O)(OCC)c1ccc(OC)c(N=C=S)c1. The summed E-state index contributed by atoms with van der Waals surface area (Å²) in [5, 5.41) is 2.68. The summed E-state index contributed by atoms with van der Waals surface area (Å²) in [6, 6.07) is 4.85. The maximum absolute atomic E-state index is 12.6. The van der Waals surface area contributed by atoms with Gasteiger partial charge in [0.25, 0.3) is 0 Å². The molecule has 0 unspecified atom stereocenters. The number of aliphatic imine (C=N–C) groups is 1. The van der Waals surface area contributed by atoms with Gasteiger partial charge in [0.1, 0.15) is 11.4 Å². The standard InChI is InChI=1S/C12H16NO4PS/c1-4-16-18(14,17-5-2)10-6-7-12(15-3)11(8-10)13-9-19/h6-8H,4-5H2,1-3H3. The van der Waals surface area contributed by atoms with Crippen molar-refractivity contribution in [2.24, 2.45) is 4.99 Å². The van der Waals surface area contributed by atoms with E-state index in [1.807, 2.05) is 0 Å². The second-order valence-electron chi connectivity index (χ2n) is 3.39. The second-order valence-corrected chi connectivity index (χ2v) is 5.60. The fourth-order valence-electron chi connectivity index (χ4n) is 1.51. The Morgan fingerprint density at radius 3 is 2.42 bits per heavy atom. The first-order valence-electron chi connectivity index (χ1n) is 5.76. The molecule has 7 heteroatoms. The summed E-state index contributed by atoms with van der Waals surface area (Å²) in [7, 11) is -1.81. The molecule has 0 saturated heterocycles. The molecule has 0 amide bonds. The molecule has 0 spiro atoms. The van der Waals surface area contributed by atoms with Crippen molar-refractivity contribution >= 4 is 36.0 Å². The number of isothiocyanates is 1. The highest BCUT2D eigenvalue weighted by Crippen LogP contribution is 2.48. The first-order valence-corrected chi connectivity index (χ1v) is 7.72. The molecule has 1 aromatic rings. The van der Waals surface area contributed by atoms with E-state index in [1.165, 1.54) is 7.11 Å². The van der Waals surface area contributed by atoms with E-state index in [-0.39, 0.29) is 13.2 Å². The average Bonchev–Trinajstić information content (AvgIpc) is 2.39. The minimum atomic E-state index is -3.33. The van der Waals surface area contributed by atoms with Gasteiger partial charge < -0.3 is 13.8 Å². The summed E-state index contributed by atoms with van der Waals surface area (Å²) in [5.41, 5.74) is 0.439. The van der Waals surface area contributed by atoms with Crippen LogP contribution in [0.25, 0.3) is 0 Å². The quantitative estimate of drug-likeness (QED) is 0.439. The number of ether oxygens (including phenoxy) is 1. The van der Waals surface area contributed by atoms with Gasteiger partial charge >= 0.3 is 7.60 Å². The van der Waals surface area contributed by atoms with Crippen molar-refractivity contribution in [3.8, 4) is 5.75 Å². The van der Waals surface area contributed by atoms with Crippen LogP contribution in [0.5, 0.6) is 5.75 Å². The normalized spacial score (nSPS) is 10.9. The number of thiocarbonyl (C=S) groups is 1. The van der Waals surface area contributed by atoms with Crippen molar-refractivity contribution in [1.82, 2.24) is 0 Å². The summed E-state index contributed by atoms with van der Waals surface area (Å²) in [6.07, 6.45) is 0. The molecule has 0 fully saturated rings. The lowest BCUT2D eigenvalue weighted by Crippen LogP contribution is -2.10. The van der Waals surface area contributed by atoms with E-state index < -0.39 is 7.60 Å². The summed E-state index contributed by atoms with van der Waals surface area (Å²) >= 11 is 4.58. The number of hydrogen-bond acceptors (Lipinski definition) is 6. The number of rotatable bonds is 7. The maximum Gasteiger partial charge on any atom is 0.361 e. The van der Waals surface area contributed by atoms with Crippen molar-refractivity contribution in [3.63, 3.8) is 0 Å². The minimum Gasteiger partial charge on any atom is -0.494 e. The molecule has 1 aromatic carbocycles. The molecule has 0 heterocycles. The Morgan fingerprint density at radius 1 is 1.32 bits per heavy atom. The third kappa shape index (κ3) is 3.96. The van der Waals surface area contributed by atoms with Crippen LogP contribution in [0.4, 0.5) is 5.69 Å². The van der Waals surface area contributed by atoms with Crippen molar-refractivity contribution in [3.05, 3.63) is 18.2 Å². The van der Waals surface area contributed by atoms with Gasteiger partial charge in [-0.1, -0.05) is 0 Å². The van der Waals surface area contributed by atoms with Crippen molar-refractivity contribution < 1.29 is 18.3 Å². The van der Waals surface area contributed by atoms with E-state index in [0.717, 1.165) is 0 Å². The fraction of sp³-hybridized carbons (Fsp3) is 0.417. The Labute approximate surface area is 118 Å². The summed E-state index contributed by atoms with van der Waals surface area (Å²) in [6.45, 7) is 4.08. The number of nitrogens with zero attached hydrogens (tertiary/aromatic N) is 1. The molecule has 1 rings (SSSR count). The molecule has 0 aliphatic rings. The largest absolute Gasteiger partial charge is 0.494 e. The van der Waals surface area contributed by atoms with Crippen LogP contribution in [0, 0.1) is 0 Å². The Bertz CT molecular complexity index is 518. The van der Waals surface area contributed by atoms with Crippen molar-refractivity contribution in [2.75, 3.05) is 20.3 Å². The van der Waals surface area contributed by atoms with Gasteiger partial charge in [-0.2, -0.15) is 4.99 Å². The third-order valence-electron chi connectivity index (χ3n) is 2.24. The summed E-state index contributed by atoms with van der Waals surface area (Å²) < 4.78 is 28.3. The number of benzene rings is 1. The second kappa shape index (κ2) is 7.53. The fourth-order valence-corrected chi connectivity index (χ4v) is 3.20. The summed E-state index contributed by atoms with van der Waals surface area (Å²) in [4.78, 5) is 3.88.